The van der Waals surface area contributed by atoms with Crippen molar-refractivity contribution in [2.75, 3.05) is 7.05 Å². The van der Waals surface area contributed by atoms with Crippen LogP contribution in [0.4, 0.5) is 0 Å². The lowest BCUT2D eigenvalue weighted by Gasteiger charge is -2.30. The van der Waals surface area contributed by atoms with Crippen LogP contribution >= 0.6 is 0 Å². The third-order valence-corrected chi connectivity index (χ3v) is 5.72. The van der Waals surface area contributed by atoms with Gasteiger partial charge in [0.1, 0.15) is 0 Å². The molecule has 8 nitrogen and oxygen atoms in total. The number of nitrogens with zero attached hydrogens (tertiary/aromatic N) is 3. The van der Waals surface area contributed by atoms with Crippen molar-refractivity contribution in [2.24, 2.45) is 0 Å². The Bertz CT molecular complexity index is 1080. The third-order valence-electron chi connectivity index (χ3n) is 5.72. The van der Waals surface area contributed by atoms with Crippen molar-refractivity contribution in [3.8, 4) is 16.9 Å². The summed E-state index contributed by atoms with van der Waals surface area (Å²) in [5.74, 6) is -1.08. The molecule has 1 saturated carbocycles. The molecule has 150 valence electrons. The molecule has 4 rings (SSSR count). The van der Waals surface area contributed by atoms with E-state index in [9.17, 15) is 14.7 Å². The molecule has 0 saturated heterocycles. The van der Waals surface area contributed by atoms with E-state index in [0.717, 1.165) is 36.8 Å². The minimum absolute atomic E-state index is 0.186. The zero-order valence-electron chi connectivity index (χ0n) is 16.2. The van der Waals surface area contributed by atoms with Gasteiger partial charge in [0.15, 0.2) is 11.4 Å². The van der Waals surface area contributed by atoms with Crippen LogP contribution in [-0.4, -0.2) is 38.0 Å². The average Bonchev–Trinajstić information content (AvgIpc) is 3.43. The number of benzene rings is 1. The molecule has 0 unspecified atom stereocenters. The van der Waals surface area contributed by atoms with Crippen LogP contribution < -0.4 is 10.7 Å². The van der Waals surface area contributed by atoms with Gasteiger partial charge in [-0.25, -0.2) is 0 Å². The quantitative estimate of drug-likeness (QED) is 0.615. The van der Waals surface area contributed by atoms with E-state index in [2.05, 4.69) is 32.7 Å². The molecule has 0 bridgehead atoms. The van der Waals surface area contributed by atoms with Crippen LogP contribution in [0.15, 0.2) is 47.7 Å². The molecule has 2 heterocycles. The standard InChI is InChI=1S/C21H23N5O3/c1-22-20(29)18-19(28)17(27)12-26(25-18)13-21(7-2-3-8-21)16-6-4-5-14(9-16)15-10-23-24-11-15/h4-6,9-12,27H,2-3,7-8,13H2,1H3,(H,22,29)(H,23,24). The highest BCUT2D eigenvalue weighted by Gasteiger charge is 2.37. The smallest absolute Gasteiger partial charge is 0.275 e. The third kappa shape index (κ3) is 3.53. The molecule has 3 N–H and O–H groups in total. The van der Waals surface area contributed by atoms with Gasteiger partial charge in [0.2, 0.25) is 0 Å². The molecule has 1 fully saturated rings. The summed E-state index contributed by atoms with van der Waals surface area (Å²) in [4.78, 5) is 24.1. The van der Waals surface area contributed by atoms with Crippen LogP contribution in [0.1, 0.15) is 41.7 Å². The zero-order valence-corrected chi connectivity index (χ0v) is 16.2. The van der Waals surface area contributed by atoms with Crippen molar-refractivity contribution in [1.82, 2.24) is 25.3 Å². The second-order valence-corrected chi connectivity index (χ2v) is 7.52. The minimum Gasteiger partial charge on any atom is -0.503 e. The fourth-order valence-electron chi connectivity index (χ4n) is 4.21. The van der Waals surface area contributed by atoms with Crippen LogP contribution in [0.2, 0.25) is 0 Å². The van der Waals surface area contributed by atoms with E-state index in [1.165, 1.54) is 23.5 Å². The Hall–Kier alpha value is -3.42. The molecule has 0 radical (unpaired) electrons. The van der Waals surface area contributed by atoms with Crippen molar-refractivity contribution in [3.05, 3.63) is 64.3 Å². The summed E-state index contributed by atoms with van der Waals surface area (Å²) in [6, 6.07) is 8.35. The maximum absolute atomic E-state index is 12.1. The van der Waals surface area contributed by atoms with Gasteiger partial charge in [0.05, 0.1) is 18.9 Å². The average molecular weight is 393 g/mol. The first-order valence-electron chi connectivity index (χ1n) is 9.65. The number of aromatic amines is 1. The first-order valence-corrected chi connectivity index (χ1v) is 9.65. The van der Waals surface area contributed by atoms with E-state index in [1.54, 1.807) is 6.20 Å². The summed E-state index contributed by atoms with van der Waals surface area (Å²) in [6.45, 7) is 0.472. The molecule has 0 spiro atoms. The van der Waals surface area contributed by atoms with Crippen LogP contribution in [0.25, 0.3) is 11.1 Å². The summed E-state index contributed by atoms with van der Waals surface area (Å²) in [6.07, 6.45) is 9.07. The van der Waals surface area contributed by atoms with Crippen molar-refractivity contribution in [3.63, 3.8) is 0 Å². The highest BCUT2D eigenvalue weighted by Crippen LogP contribution is 2.43. The normalized spacial score (nSPS) is 15.3. The molecule has 2 aromatic heterocycles. The van der Waals surface area contributed by atoms with E-state index >= 15 is 0 Å². The highest BCUT2D eigenvalue weighted by atomic mass is 16.3. The number of nitrogens with one attached hydrogen (secondary N) is 2. The number of carbonyl (C=O) groups excluding carboxylic acids is 1. The largest absolute Gasteiger partial charge is 0.503 e. The highest BCUT2D eigenvalue weighted by molar-refractivity contribution is 5.92. The number of rotatable bonds is 5. The molecule has 8 heteroatoms. The van der Waals surface area contributed by atoms with Crippen LogP contribution in [-0.2, 0) is 12.0 Å². The Balaban J connectivity index is 1.74. The number of H-pyrrole nitrogens is 1. The number of hydrogen-bond donors (Lipinski definition) is 3. The van der Waals surface area contributed by atoms with Gasteiger partial charge in [-0.2, -0.15) is 10.2 Å². The molecule has 29 heavy (non-hydrogen) atoms. The molecule has 1 aliphatic carbocycles. The van der Waals surface area contributed by atoms with Crippen LogP contribution in [0.5, 0.6) is 5.75 Å². The van der Waals surface area contributed by atoms with Gasteiger partial charge >= 0.3 is 0 Å². The fourth-order valence-corrected chi connectivity index (χ4v) is 4.21. The van der Waals surface area contributed by atoms with Gasteiger partial charge in [-0.15, -0.1) is 0 Å². The van der Waals surface area contributed by atoms with Crippen molar-refractivity contribution >= 4 is 5.91 Å². The van der Waals surface area contributed by atoms with Gasteiger partial charge in [-0.1, -0.05) is 37.1 Å². The summed E-state index contributed by atoms with van der Waals surface area (Å²) in [5.41, 5.74) is 2.02. The molecule has 1 aromatic carbocycles. The zero-order chi connectivity index (χ0) is 20.4. The first kappa shape index (κ1) is 18.9. The number of amides is 1. The predicted molar refractivity (Wildman–Crippen MR) is 108 cm³/mol. The second kappa shape index (κ2) is 7.54. The van der Waals surface area contributed by atoms with E-state index in [1.807, 2.05) is 18.3 Å². The predicted octanol–water partition coefficient (Wildman–Crippen LogP) is 2.21. The molecule has 1 amide bonds. The number of aromatic hydroxyl groups is 1. The summed E-state index contributed by atoms with van der Waals surface area (Å²) >= 11 is 0. The SMILES string of the molecule is CNC(=O)c1nn(CC2(c3cccc(-c4cn[nH]c4)c3)CCCC2)cc(O)c1=O. The van der Waals surface area contributed by atoms with Gasteiger partial charge in [-0.05, 0) is 24.0 Å². The lowest BCUT2D eigenvalue weighted by atomic mass is 9.78. The molecule has 0 aliphatic heterocycles. The maximum atomic E-state index is 12.1. The monoisotopic (exact) mass is 393 g/mol. The Morgan fingerprint density at radius 3 is 2.79 bits per heavy atom. The molecular weight excluding hydrogens is 370 g/mol. The number of aromatic nitrogens is 4. The lowest BCUT2D eigenvalue weighted by Crippen LogP contribution is -2.33. The maximum Gasteiger partial charge on any atom is 0.275 e. The van der Waals surface area contributed by atoms with Gasteiger partial charge in [0, 0.05) is 24.2 Å². The van der Waals surface area contributed by atoms with E-state index < -0.39 is 17.1 Å². The summed E-state index contributed by atoms with van der Waals surface area (Å²) in [7, 11) is 1.43. The Morgan fingerprint density at radius 2 is 2.10 bits per heavy atom. The number of hydrogen-bond acceptors (Lipinski definition) is 5. The summed E-state index contributed by atoms with van der Waals surface area (Å²) < 4.78 is 1.52. The van der Waals surface area contributed by atoms with Gasteiger partial charge < -0.3 is 10.4 Å². The van der Waals surface area contributed by atoms with Gasteiger partial charge in [0.25, 0.3) is 11.3 Å². The fraction of sp³-hybridized carbons (Fsp3) is 0.333. The lowest BCUT2D eigenvalue weighted by molar-refractivity contribution is 0.0953. The van der Waals surface area contributed by atoms with Crippen LogP contribution in [0, 0.1) is 0 Å². The topological polar surface area (TPSA) is 113 Å². The minimum atomic E-state index is -0.761. The summed E-state index contributed by atoms with van der Waals surface area (Å²) in [5, 5.41) is 23.6. The Kier molecular flexibility index (Phi) is 4.92. The molecule has 3 aromatic rings. The van der Waals surface area contributed by atoms with E-state index in [-0.39, 0.29) is 11.1 Å². The van der Waals surface area contributed by atoms with E-state index in [0.29, 0.717) is 6.54 Å². The van der Waals surface area contributed by atoms with Crippen LogP contribution in [0.3, 0.4) is 0 Å². The van der Waals surface area contributed by atoms with Gasteiger partial charge in [-0.3, -0.25) is 19.4 Å². The molecular formula is C21H23N5O3. The van der Waals surface area contributed by atoms with E-state index in [4.69, 9.17) is 0 Å². The van der Waals surface area contributed by atoms with Crippen molar-refractivity contribution < 1.29 is 9.90 Å². The second-order valence-electron chi connectivity index (χ2n) is 7.52. The first-order chi connectivity index (χ1) is 14.0. The molecule has 1 aliphatic rings. The van der Waals surface area contributed by atoms with Crippen molar-refractivity contribution in [1.29, 1.82) is 0 Å². The number of carbonyl (C=O) groups is 1. The Morgan fingerprint density at radius 1 is 1.31 bits per heavy atom. The Labute approximate surface area is 167 Å². The molecule has 0 atom stereocenters. The van der Waals surface area contributed by atoms with Crippen molar-refractivity contribution in [2.45, 2.75) is 37.6 Å².